The third-order valence-corrected chi connectivity index (χ3v) is 4.56. The number of halogens is 1. The highest BCUT2D eigenvalue weighted by Crippen LogP contribution is 2.32. The molecular weight excluding hydrogens is 431 g/mol. The second-order valence-corrected chi connectivity index (χ2v) is 6.91. The molecule has 8 nitrogen and oxygen atoms in total. The summed E-state index contributed by atoms with van der Waals surface area (Å²) in [7, 11) is 0. The number of carboxylic acid groups (broad SMARTS) is 1. The molecule has 0 saturated carbocycles. The maximum atomic E-state index is 13.0. The van der Waals surface area contributed by atoms with Gasteiger partial charge >= 0.3 is 5.97 Å². The first-order valence-electron chi connectivity index (χ1n) is 9.72. The number of rotatable bonds is 7. The zero-order chi connectivity index (χ0) is 23.4. The Bertz CT molecular complexity index is 1320. The summed E-state index contributed by atoms with van der Waals surface area (Å²) >= 11 is 0. The van der Waals surface area contributed by atoms with Crippen LogP contribution in [0.15, 0.2) is 72.9 Å². The van der Waals surface area contributed by atoms with Crippen LogP contribution >= 0.6 is 0 Å². The number of amides is 1. The first-order chi connectivity index (χ1) is 15.9. The van der Waals surface area contributed by atoms with Crippen molar-refractivity contribution >= 4 is 22.6 Å². The van der Waals surface area contributed by atoms with Crippen molar-refractivity contribution in [3.63, 3.8) is 0 Å². The van der Waals surface area contributed by atoms with E-state index in [0.29, 0.717) is 33.8 Å². The Kier molecular flexibility index (Phi) is 6.03. The van der Waals surface area contributed by atoms with E-state index in [2.05, 4.69) is 10.3 Å². The molecule has 0 aliphatic heterocycles. The minimum absolute atomic E-state index is 0.269. The monoisotopic (exact) mass is 448 g/mol. The quantitative estimate of drug-likeness (QED) is 0.382. The zero-order valence-corrected chi connectivity index (χ0v) is 17.0. The lowest BCUT2D eigenvalue weighted by Crippen LogP contribution is -2.29. The molecule has 0 saturated heterocycles. The van der Waals surface area contributed by atoms with Gasteiger partial charge in [-0.15, -0.1) is 0 Å². The molecule has 3 N–H and O–H groups in total. The van der Waals surface area contributed by atoms with Crippen molar-refractivity contribution in [3.05, 3.63) is 84.4 Å². The van der Waals surface area contributed by atoms with E-state index in [1.54, 1.807) is 42.5 Å². The van der Waals surface area contributed by atoms with Crippen molar-refractivity contribution in [2.24, 2.45) is 0 Å². The zero-order valence-electron chi connectivity index (χ0n) is 17.0. The smallest absolute Gasteiger partial charge is 0.322 e. The van der Waals surface area contributed by atoms with E-state index in [4.69, 9.17) is 14.6 Å². The Labute approximate surface area is 186 Å². The van der Waals surface area contributed by atoms with Gasteiger partial charge in [-0.05, 0) is 66.7 Å². The van der Waals surface area contributed by atoms with Crippen LogP contribution in [0.2, 0.25) is 0 Å². The van der Waals surface area contributed by atoms with Gasteiger partial charge in [0.2, 0.25) is 0 Å². The van der Waals surface area contributed by atoms with Gasteiger partial charge in [-0.2, -0.15) is 0 Å². The molecule has 0 aliphatic carbocycles. The van der Waals surface area contributed by atoms with Crippen molar-refractivity contribution in [1.29, 1.82) is 0 Å². The maximum absolute atomic E-state index is 13.0. The Morgan fingerprint density at radius 1 is 0.879 bits per heavy atom. The van der Waals surface area contributed by atoms with Gasteiger partial charge in [0.05, 0.1) is 0 Å². The number of nitrogens with zero attached hydrogens (tertiary/aromatic N) is 1. The summed E-state index contributed by atoms with van der Waals surface area (Å²) in [5.74, 6) is -0.646. The number of benzene rings is 3. The van der Waals surface area contributed by atoms with E-state index >= 15 is 0 Å². The third-order valence-electron chi connectivity index (χ3n) is 4.56. The van der Waals surface area contributed by atoms with Crippen molar-refractivity contribution in [2.75, 3.05) is 6.54 Å². The van der Waals surface area contributed by atoms with Crippen LogP contribution in [0.1, 0.15) is 10.5 Å². The topological polar surface area (TPSA) is 118 Å². The highest BCUT2D eigenvalue weighted by molar-refractivity contribution is 6.02. The fraction of sp³-hybridized carbons (Fsp3) is 0.0417. The molecule has 1 amide bonds. The predicted octanol–water partition coefficient (Wildman–Crippen LogP) is 4.48. The van der Waals surface area contributed by atoms with Gasteiger partial charge in [0.15, 0.2) is 11.4 Å². The molecule has 0 spiro atoms. The number of hydrogen-bond donors (Lipinski definition) is 3. The van der Waals surface area contributed by atoms with Crippen LogP contribution in [-0.4, -0.2) is 33.6 Å². The molecule has 166 valence electrons. The minimum Gasteiger partial charge on any atom is -0.505 e. The highest BCUT2D eigenvalue weighted by atomic mass is 19.1. The Hall–Kier alpha value is -4.66. The number of carbonyl (C=O) groups is 2. The number of hydrogen-bond acceptors (Lipinski definition) is 6. The van der Waals surface area contributed by atoms with E-state index in [1.165, 1.54) is 30.5 Å². The first-order valence-corrected chi connectivity index (χ1v) is 9.72. The van der Waals surface area contributed by atoms with Crippen LogP contribution < -0.4 is 14.8 Å². The molecule has 0 bridgehead atoms. The fourth-order valence-electron chi connectivity index (χ4n) is 3.01. The van der Waals surface area contributed by atoms with Crippen LogP contribution in [0.25, 0.3) is 10.8 Å². The molecule has 1 aromatic heterocycles. The van der Waals surface area contributed by atoms with Gasteiger partial charge in [-0.1, -0.05) is 0 Å². The summed E-state index contributed by atoms with van der Waals surface area (Å²) in [6.07, 6.45) is 1.39. The largest absolute Gasteiger partial charge is 0.505 e. The number of fused-ring (bicyclic) bond motifs is 1. The number of aromatic hydroxyl groups is 1. The van der Waals surface area contributed by atoms with Gasteiger partial charge in [0.25, 0.3) is 5.91 Å². The standard InChI is InChI=1S/C24H17FN2O6/c25-15-1-3-16(4-2-15)32-17-5-7-18(8-6-17)33-19-9-10-20-14(11-19)12-26-22(23(20)30)24(31)27-13-21(28)29/h1-12,30H,13H2,(H,27,31)(H,28,29). The van der Waals surface area contributed by atoms with Crippen molar-refractivity contribution in [1.82, 2.24) is 10.3 Å². The summed E-state index contributed by atoms with van der Waals surface area (Å²) in [5.41, 5.74) is -0.269. The molecule has 33 heavy (non-hydrogen) atoms. The second kappa shape index (κ2) is 9.23. The van der Waals surface area contributed by atoms with Crippen LogP contribution in [0, 0.1) is 5.82 Å². The lowest BCUT2D eigenvalue weighted by atomic mass is 10.1. The first kappa shape index (κ1) is 21.6. The Morgan fingerprint density at radius 3 is 2.03 bits per heavy atom. The SMILES string of the molecule is O=C(O)CNC(=O)c1ncc2cc(Oc3ccc(Oc4ccc(F)cc4)cc3)ccc2c1O. The van der Waals surface area contributed by atoms with Crippen molar-refractivity contribution in [3.8, 4) is 28.7 Å². The molecule has 0 unspecified atom stereocenters. The molecule has 9 heteroatoms. The average Bonchev–Trinajstić information content (AvgIpc) is 2.80. The molecular formula is C24H17FN2O6. The van der Waals surface area contributed by atoms with E-state index < -0.39 is 18.4 Å². The van der Waals surface area contributed by atoms with E-state index in [0.717, 1.165) is 0 Å². The molecule has 4 aromatic rings. The Morgan fingerprint density at radius 2 is 1.42 bits per heavy atom. The summed E-state index contributed by atoms with van der Waals surface area (Å²) in [6.45, 7) is -0.585. The second-order valence-electron chi connectivity index (χ2n) is 6.91. The van der Waals surface area contributed by atoms with Crippen LogP contribution in [0.3, 0.4) is 0 Å². The Balaban J connectivity index is 1.47. The number of nitrogens with one attached hydrogen (secondary N) is 1. The van der Waals surface area contributed by atoms with Crippen LogP contribution in [-0.2, 0) is 4.79 Å². The van der Waals surface area contributed by atoms with Gasteiger partial charge in [-0.25, -0.2) is 9.37 Å². The van der Waals surface area contributed by atoms with Crippen molar-refractivity contribution in [2.45, 2.75) is 0 Å². The molecule has 3 aromatic carbocycles. The predicted molar refractivity (Wildman–Crippen MR) is 116 cm³/mol. The van der Waals surface area contributed by atoms with Gasteiger partial charge in [-0.3, -0.25) is 9.59 Å². The fourth-order valence-corrected chi connectivity index (χ4v) is 3.01. The normalized spacial score (nSPS) is 10.6. The minimum atomic E-state index is -1.21. The molecule has 1 heterocycles. The van der Waals surface area contributed by atoms with Gasteiger partial charge in [0, 0.05) is 17.0 Å². The maximum Gasteiger partial charge on any atom is 0.322 e. The number of carbonyl (C=O) groups excluding carboxylic acids is 1. The number of aromatic nitrogens is 1. The molecule has 0 fully saturated rings. The van der Waals surface area contributed by atoms with E-state index in [1.807, 2.05) is 0 Å². The molecule has 0 aliphatic rings. The average molecular weight is 448 g/mol. The summed E-state index contributed by atoms with van der Waals surface area (Å²) in [5, 5.41) is 22.1. The molecule has 0 radical (unpaired) electrons. The lowest BCUT2D eigenvalue weighted by molar-refractivity contribution is -0.135. The number of carboxylic acids is 1. The van der Waals surface area contributed by atoms with Crippen LogP contribution in [0.4, 0.5) is 4.39 Å². The van der Waals surface area contributed by atoms with Gasteiger partial charge < -0.3 is 25.0 Å². The lowest BCUT2D eigenvalue weighted by Gasteiger charge is -2.10. The van der Waals surface area contributed by atoms with Crippen LogP contribution in [0.5, 0.6) is 28.7 Å². The summed E-state index contributed by atoms with van der Waals surface area (Å²) in [6, 6.07) is 17.3. The number of ether oxygens (including phenoxy) is 2. The van der Waals surface area contributed by atoms with E-state index in [-0.39, 0.29) is 17.3 Å². The van der Waals surface area contributed by atoms with Crippen molar-refractivity contribution < 1.29 is 33.7 Å². The number of aliphatic carboxylic acids is 1. The molecule has 0 atom stereocenters. The third kappa shape index (κ3) is 5.16. The summed E-state index contributed by atoms with van der Waals surface area (Å²) in [4.78, 5) is 26.6. The molecule has 4 rings (SSSR count). The van der Waals surface area contributed by atoms with E-state index in [9.17, 15) is 19.1 Å². The number of pyridine rings is 1. The highest BCUT2D eigenvalue weighted by Gasteiger charge is 2.17. The summed E-state index contributed by atoms with van der Waals surface area (Å²) < 4.78 is 24.5. The van der Waals surface area contributed by atoms with Gasteiger partial charge in [0.1, 0.15) is 35.4 Å².